The van der Waals surface area contributed by atoms with Gasteiger partial charge >= 0.3 is 0 Å². The van der Waals surface area contributed by atoms with E-state index < -0.39 is 5.79 Å². The van der Waals surface area contributed by atoms with Gasteiger partial charge in [0.2, 0.25) is 5.79 Å². The first kappa shape index (κ1) is 11.0. The summed E-state index contributed by atoms with van der Waals surface area (Å²) in [6, 6.07) is 0. The van der Waals surface area contributed by atoms with Crippen LogP contribution >= 0.6 is 0 Å². The molecule has 1 saturated heterocycles. The predicted molar refractivity (Wildman–Crippen MR) is 50.4 cm³/mol. The number of rotatable bonds is 4. The molecule has 0 aromatic heterocycles. The molecule has 0 aromatic carbocycles. The lowest BCUT2D eigenvalue weighted by Gasteiger charge is -2.34. The minimum atomic E-state index is -0.733. The van der Waals surface area contributed by atoms with Crippen LogP contribution in [-0.4, -0.2) is 53.2 Å². The van der Waals surface area contributed by atoms with Crippen LogP contribution in [0.3, 0.4) is 0 Å². The smallest absolute Gasteiger partial charge is 0.223 e. The van der Waals surface area contributed by atoms with E-state index in [-0.39, 0.29) is 12.2 Å². The number of hydrogen-bond donors (Lipinski definition) is 0. The molecule has 0 bridgehead atoms. The number of methoxy groups -OCH3 is 2. The fourth-order valence-electron chi connectivity index (χ4n) is 1.75. The van der Waals surface area contributed by atoms with Crippen LogP contribution in [0, 0.1) is 0 Å². The Hall–Kier alpha value is -0.0951. The molecule has 1 rings (SSSR count). The Labute approximate surface area is 79.9 Å². The summed E-state index contributed by atoms with van der Waals surface area (Å²) in [4.78, 5) is 0. The fourth-order valence-corrected chi connectivity index (χ4v) is 1.75. The van der Waals surface area contributed by atoms with E-state index in [0.717, 1.165) is 0 Å². The molecule has 1 aliphatic heterocycles. The van der Waals surface area contributed by atoms with Gasteiger partial charge in [0, 0.05) is 20.7 Å². The van der Waals surface area contributed by atoms with E-state index in [1.165, 1.54) is 0 Å². The van der Waals surface area contributed by atoms with Gasteiger partial charge in [-0.05, 0) is 6.92 Å². The molecule has 0 unspecified atom stereocenters. The van der Waals surface area contributed by atoms with Crippen LogP contribution in [-0.2, 0) is 18.9 Å². The highest BCUT2D eigenvalue weighted by Gasteiger charge is 2.51. The number of ether oxygens (including phenoxy) is 4. The van der Waals surface area contributed by atoms with Crippen molar-refractivity contribution in [3.05, 3.63) is 0 Å². The lowest BCUT2D eigenvalue weighted by Crippen LogP contribution is -2.51. The van der Waals surface area contributed by atoms with Crippen LogP contribution in [0.2, 0.25) is 0 Å². The molecule has 0 amide bonds. The van der Waals surface area contributed by atoms with Crippen LogP contribution < -0.4 is 0 Å². The summed E-state index contributed by atoms with van der Waals surface area (Å²) >= 11 is 0. The largest absolute Gasteiger partial charge is 0.373 e. The summed E-state index contributed by atoms with van der Waals surface area (Å²) in [5.41, 5.74) is 0. The van der Waals surface area contributed by atoms with Crippen molar-refractivity contribution in [1.82, 2.24) is 0 Å². The van der Waals surface area contributed by atoms with Crippen LogP contribution in [0.25, 0.3) is 0 Å². The second kappa shape index (κ2) is 4.42. The SMILES string of the molecule is BCO[C@@]1(OC)[C@H](C)OC[C@H]1OC. The first-order chi connectivity index (χ1) is 6.21. The minimum absolute atomic E-state index is 0.0950. The molecule has 0 aliphatic carbocycles. The molecular weight excluding hydrogens is 171 g/mol. The maximum Gasteiger partial charge on any atom is 0.223 e. The molecule has 5 heteroatoms. The summed E-state index contributed by atoms with van der Waals surface area (Å²) in [6.07, 6.45) is -0.241. The zero-order chi connectivity index (χ0) is 9.90. The van der Waals surface area contributed by atoms with Gasteiger partial charge in [0.15, 0.2) is 0 Å². The van der Waals surface area contributed by atoms with Gasteiger partial charge in [0.25, 0.3) is 0 Å². The summed E-state index contributed by atoms with van der Waals surface area (Å²) in [6.45, 7) is 3.03. The molecule has 3 atom stereocenters. The molecule has 76 valence electrons. The van der Waals surface area contributed by atoms with E-state index in [1.807, 2.05) is 14.8 Å². The lowest BCUT2D eigenvalue weighted by molar-refractivity contribution is -0.268. The van der Waals surface area contributed by atoms with E-state index in [9.17, 15) is 0 Å². The van der Waals surface area contributed by atoms with Crippen LogP contribution in [0.15, 0.2) is 0 Å². The Bertz CT molecular complexity index is 166. The zero-order valence-corrected chi connectivity index (χ0v) is 8.70. The molecule has 1 fully saturated rings. The van der Waals surface area contributed by atoms with Crippen molar-refractivity contribution in [2.75, 3.05) is 27.3 Å². The topological polar surface area (TPSA) is 36.9 Å². The van der Waals surface area contributed by atoms with Crippen molar-refractivity contribution < 1.29 is 18.9 Å². The van der Waals surface area contributed by atoms with Crippen molar-refractivity contribution in [3.8, 4) is 0 Å². The van der Waals surface area contributed by atoms with Crippen molar-refractivity contribution in [2.24, 2.45) is 0 Å². The third-order valence-electron chi connectivity index (χ3n) is 2.49. The monoisotopic (exact) mass is 188 g/mol. The minimum Gasteiger partial charge on any atom is -0.373 e. The van der Waals surface area contributed by atoms with Gasteiger partial charge in [-0.1, -0.05) is 0 Å². The van der Waals surface area contributed by atoms with Gasteiger partial charge in [0.05, 0.1) is 6.61 Å². The average molecular weight is 188 g/mol. The Balaban J connectivity index is 2.77. The lowest BCUT2D eigenvalue weighted by atomic mass is 10.1. The summed E-state index contributed by atoms with van der Waals surface area (Å²) < 4.78 is 21.7. The Morgan fingerprint density at radius 2 is 2.23 bits per heavy atom. The average Bonchev–Trinajstić information content (AvgIpc) is 2.45. The van der Waals surface area contributed by atoms with Gasteiger partial charge in [-0.15, -0.1) is 0 Å². The standard InChI is InChI=1S/C8H17BO4/c1-6-8(11-3,13-5-9)7(10-2)4-12-6/h6-7H,4-5,9H2,1-3H3/t6-,7+,8-/m0/s1. The van der Waals surface area contributed by atoms with E-state index in [1.54, 1.807) is 14.2 Å². The second-order valence-corrected chi connectivity index (χ2v) is 3.06. The summed E-state index contributed by atoms with van der Waals surface area (Å²) in [5, 5.41) is 0. The van der Waals surface area contributed by atoms with Crippen molar-refractivity contribution in [3.63, 3.8) is 0 Å². The Morgan fingerprint density at radius 3 is 2.69 bits per heavy atom. The van der Waals surface area contributed by atoms with Gasteiger partial charge in [-0.25, -0.2) is 0 Å². The van der Waals surface area contributed by atoms with E-state index in [2.05, 4.69) is 0 Å². The first-order valence-electron chi connectivity index (χ1n) is 4.54. The highest BCUT2D eigenvalue weighted by Crippen LogP contribution is 2.32. The van der Waals surface area contributed by atoms with Crippen molar-refractivity contribution in [1.29, 1.82) is 0 Å². The molecule has 4 nitrogen and oxygen atoms in total. The molecule has 0 N–H and O–H groups in total. The van der Waals surface area contributed by atoms with Crippen LogP contribution in [0.5, 0.6) is 0 Å². The fraction of sp³-hybridized carbons (Fsp3) is 1.00. The van der Waals surface area contributed by atoms with Crippen LogP contribution in [0.4, 0.5) is 0 Å². The quantitative estimate of drug-likeness (QED) is 0.434. The predicted octanol–water partition coefficient (Wildman–Crippen LogP) is -0.630. The van der Waals surface area contributed by atoms with Crippen LogP contribution in [0.1, 0.15) is 6.92 Å². The highest BCUT2D eigenvalue weighted by atomic mass is 16.7. The molecule has 1 heterocycles. The molecule has 0 aromatic rings. The first-order valence-corrected chi connectivity index (χ1v) is 4.54. The van der Waals surface area contributed by atoms with Gasteiger partial charge in [0.1, 0.15) is 20.1 Å². The van der Waals surface area contributed by atoms with Gasteiger partial charge in [-0.3, -0.25) is 0 Å². The number of hydrogen-bond acceptors (Lipinski definition) is 4. The molecule has 1 aliphatic rings. The molecule has 13 heavy (non-hydrogen) atoms. The maximum absolute atomic E-state index is 5.58. The molecular formula is C8H17BO4. The molecule has 0 radical (unpaired) electrons. The van der Waals surface area contributed by atoms with E-state index in [4.69, 9.17) is 18.9 Å². The van der Waals surface area contributed by atoms with Crippen molar-refractivity contribution >= 4 is 7.85 Å². The van der Waals surface area contributed by atoms with Crippen molar-refractivity contribution in [2.45, 2.75) is 24.9 Å². The van der Waals surface area contributed by atoms with Gasteiger partial charge in [-0.2, -0.15) is 0 Å². The van der Waals surface area contributed by atoms with E-state index in [0.29, 0.717) is 13.1 Å². The van der Waals surface area contributed by atoms with E-state index >= 15 is 0 Å². The molecule has 0 saturated carbocycles. The molecule has 0 spiro atoms. The Morgan fingerprint density at radius 1 is 1.54 bits per heavy atom. The normalized spacial score (nSPS) is 39.6. The second-order valence-electron chi connectivity index (χ2n) is 3.06. The zero-order valence-electron chi connectivity index (χ0n) is 8.70. The Kier molecular flexibility index (Phi) is 3.73. The maximum atomic E-state index is 5.58. The third-order valence-corrected chi connectivity index (χ3v) is 2.49. The third kappa shape index (κ3) is 1.74. The summed E-state index contributed by atoms with van der Waals surface area (Å²) in [7, 11) is 5.18. The summed E-state index contributed by atoms with van der Waals surface area (Å²) in [5.74, 6) is -0.733. The highest BCUT2D eigenvalue weighted by molar-refractivity contribution is 6.08. The van der Waals surface area contributed by atoms with Gasteiger partial charge < -0.3 is 18.9 Å².